The number of hydrogen-bond acceptors (Lipinski definition) is 4. The molecule has 5 nitrogen and oxygen atoms in total. The van der Waals surface area contributed by atoms with Crippen molar-refractivity contribution in [2.75, 3.05) is 24.3 Å². The number of rotatable bonds is 4. The third-order valence-electron chi connectivity index (χ3n) is 6.06. The SMILES string of the molecule is COc1ccc(C(=O)N2CCS[C@@]23C(=O)N(Cc2c(F)cccc2F)c2ccccc23)cc1. The molecule has 2 heterocycles. The quantitative estimate of drug-likeness (QED) is 0.566. The number of para-hydroxylation sites is 1. The van der Waals surface area contributed by atoms with E-state index in [0.29, 0.717) is 34.9 Å². The Morgan fingerprint density at radius 2 is 1.73 bits per heavy atom. The van der Waals surface area contributed by atoms with Crippen LogP contribution >= 0.6 is 11.8 Å². The summed E-state index contributed by atoms with van der Waals surface area (Å²) in [6.07, 6.45) is 0. The summed E-state index contributed by atoms with van der Waals surface area (Å²) < 4.78 is 34.0. The Morgan fingerprint density at radius 3 is 2.42 bits per heavy atom. The molecule has 0 bridgehead atoms. The first-order chi connectivity index (χ1) is 16.0. The maximum absolute atomic E-state index is 14.4. The number of anilines is 1. The minimum Gasteiger partial charge on any atom is -0.497 e. The fraction of sp³-hybridized carbons (Fsp3) is 0.200. The van der Waals surface area contributed by atoms with Crippen molar-refractivity contribution in [3.05, 3.63) is 95.1 Å². The highest BCUT2D eigenvalue weighted by molar-refractivity contribution is 8.01. The van der Waals surface area contributed by atoms with E-state index < -0.39 is 16.5 Å². The van der Waals surface area contributed by atoms with Crippen LogP contribution in [-0.2, 0) is 16.2 Å². The van der Waals surface area contributed by atoms with E-state index in [9.17, 15) is 18.4 Å². The molecule has 8 heteroatoms. The first-order valence-corrected chi connectivity index (χ1v) is 11.4. The summed E-state index contributed by atoms with van der Waals surface area (Å²) in [5.74, 6) is -0.917. The molecule has 2 aliphatic rings. The molecular weight excluding hydrogens is 446 g/mol. The van der Waals surface area contributed by atoms with E-state index >= 15 is 0 Å². The molecule has 0 unspecified atom stereocenters. The molecule has 3 aromatic rings. The molecule has 0 aliphatic carbocycles. The molecule has 0 saturated carbocycles. The summed E-state index contributed by atoms with van der Waals surface area (Å²) in [5.41, 5.74) is 1.44. The van der Waals surface area contributed by atoms with E-state index in [2.05, 4.69) is 0 Å². The fourth-order valence-corrected chi connectivity index (χ4v) is 5.92. The highest BCUT2D eigenvalue weighted by Crippen LogP contribution is 2.54. The van der Waals surface area contributed by atoms with Gasteiger partial charge in [0.15, 0.2) is 4.87 Å². The van der Waals surface area contributed by atoms with Crippen LogP contribution in [0.1, 0.15) is 21.5 Å². The Balaban J connectivity index is 1.57. The van der Waals surface area contributed by atoms with Gasteiger partial charge in [-0.15, -0.1) is 11.8 Å². The first-order valence-electron chi connectivity index (χ1n) is 10.4. The van der Waals surface area contributed by atoms with Gasteiger partial charge in [-0.25, -0.2) is 8.78 Å². The maximum Gasteiger partial charge on any atom is 0.268 e. The van der Waals surface area contributed by atoms with Gasteiger partial charge in [-0.05, 0) is 42.5 Å². The number of carbonyl (C=O) groups excluding carboxylic acids is 2. The van der Waals surface area contributed by atoms with E-state index in [0.717, 1.165) is 0 Å². The van der Waals surface area contributed by atoms with Gasteiger partial charge in [0.25, 0.3) is 11.8 Å². The molecule has 1 atom stereocenters. The topological polar surface area (TPSA) is 49.9 Å². The minimum absolute atomic E-state index is 0.186. The molecule has 3 aromatic carbocycles. The fourth-order valence-electron chi connectivity index (χ4n) is 4.46. The van der Waals surface area contributed by atoms with E-state index in [1.807, 2.05) is 0 Å². The normalized spacial score (nSPS) is 19.3. The molecule has 0 radical (unpaired) electrons. The van der Waals surface area contributed by atoms with Crippen LogP contribution < -0.4 is 9.64 Å². The lowest BCUT2D eigenvalue weighted by Gasteiger charge is -2.33. The van der Waals surface area contributed by atoms with E-state index in [4.69, 9.17) is 4.74 Å². The number of benzene rings is 3. The Morgan fingerprint density at radius 1 is 1.03 bits per heavy atom. The molecule has 33 heavy (non-hydrogen) atoms. The zero-order valence-electron chi connectivity index (χ0n) is 17.8. The standard InChI is InChI=1S/C25H20F2N2O3S/c1-32-17-11-9-16(10-12-17)23(30)29-13-14-33-25(29)19-5-2-3-8-22(19)28(24(25)31)15-18-20(26)6-4-7-21(18)27/h2-12H,13-15H2,1H3/t25-/m0/s1. The predicted octanol–water partition coefficient (Wildman–Crippen LogP) is 4.56. The van der Waals surface area contributed by atoms with Gasteiger partial charge in [0.2, 0.25) is 0 Å². The Hall–Kier alpha value is -3.39. The monoisotopic (exact) mass is 466 g/mol. The maximum atomic E-state index is 14.4. The molecule has 2 aliphatic heterocycles. The van der Waals surface area contributed by atoms with Gasteiger partial charge in [-0.3, -0.25) is 9.59 Å². The van der Waals surface area contributed by atoms with Gasteiger partial charge >= 0.3 is 0 Å². The highest BCUT2D eigenvalue weighted by atomic mass is 32.2. The Kier molecular flexibility index (Phi) is 5.32. The van der Waals surface area contributed by atoms with Gasteiger partial charge in [-0.1, -0.05) is 24.3 Å². The molecule has 0 N–H and O–H groups in total. The molecule has 0 aromatic heterocycles. The second kappa shape index (κ2) is 8.19. The molecule has 1 spiro atoms. The van der Waals surface area contributed by atoms with Crippen molar-refractivity contribution in [3.63, 3.8) is 0 Å². The smallest absolute Gasteiger partial charge is 0.268 e. The van der Waals surface area contributed by atoms with Crippen LogP contribution in [0.5, 0.6) is 5.75 Å². The molecule has 168 valence electrons. The van der Waals surface area contributed by atoms with Gasteiger partial charge in [0.05, 0.1) is 19.3 Å². The van der Waals surface area contributed by atoms with E-state index in [1.54, 1.807) is 60.5 Å². The van der Waals surface area contributed by atoms with Gasteiger partial charge in [-0.2, -0.15) is 0 Å². The molecule has 5 rings (SSSR count). The number of halogens is 2. The Labute approximate surface area is 193 Å². The van der Waals surface area contributed by atoms with Crippen molar-refractivity contribution in [2.24, 2.45) is 0 Å². The molecular formula is C25H20F2N2O3S. The number of nitrogens with zero attached hydrogens (tertiary/aromatic N) is 2. The second-order valence-electron chi connectivity index (χ2n) is 7.79. The van der Waals surface area contributed by atoms with E-state index in [1.165, 1.54) is 34.9 Å². The van der Waals surface area contributed by atoms with Crippen LogP contribution in [-0.4, -0.2) is 36.1 Å². The van der Waals surface area contributed by atoms with Gasteiger partial charge in [0, 0.05) is 29.0 Å². The average Bonchev–Trinajstić information content (AvgIpc) is 3.38. The van der Waals surface area contributed by atoms with Crippen molar-refractivity contribution in [2.45, 2.75) is 11.4 Å². The van der Waals surface area contributed by atoms with Crippen molar-refractivity contribution < 1.29 is 23.1 Å². The number of ether oxygens (including phenoxy) is 1. The van der Waals surface area contributed by atoms with Gasteiger partial charge in [0.1, 0.15) is 17.4 Å². The zero-order chi connectivity index (χ0) is 23.2. The van der Waals surface area contributed by atoms with Gasteiger partial charge < -0.3 is 14.5 Å². The molecule has 1 saturated heterocycles. The number of methoxy groups -OCH3 is 1. The number of hydrogen-bond donors (Lipinski definition) is 0. The summed E-state index contributed by atoms with van der Waals surface area (Å²) in [4.78, 5) is 29.1. The number of amides is 2. The zero-order valence-corrected chi connectivity index (χ0v) is 18.6. The average molecular weight is 467 g/mol. The van der Waals surface area contributed by atoms with Crippen molar-refractivity contribution in [1.29, 1.82) is 0 Å². The molecule has 2 amide bonds. The van der Waals surface area contributed by atoms with Crippen LogP contribution in [0.25, 0.3) is 0 Å². The summed E-state index contributed by atoms with van der Waals surface area (Å²) in [7, 11) is 1.55. The van der Waals surface area contributed by atoms with Crippen molar-refractivity contribution in [3.8, 4) is 5.75 Å². The lowest BCUT2D eigenvalue weighted by molar-refractivity contribution is -0.123. The summed E-state index contributed by atoms with van der Waals surface area (Å²) >= 11 is 1.37. The highest BCUT2D eigenvalue weighted by Gasteiger charge is 2.59. The van der Waals surface area contributed by atoms with E-state index in [-0.39, 0.29) is 23.9 Å². The lowest BCUT2D eigenvalue weighted by Crippen LogP contribution is -2.50. The van der Waals surface area contributed by atoms with Crippen LogP contribution in [0, 0.1) is 11.6 Å². The Bertz CT molecular complexity index is 1230. The minimum atomic E-state index is -1.28. The number of thioether (sulfide) groups is 1. The van der Waals surface area contributed by atoms with Crippen molar-refractivity contribution >= 4 is 29.3 Å². The number of fused-ring (bicyclic) bond motifs is 2. The van der Waals surface area contributed by atoms with Crippen molar-refractivity contribution in [1.82, 2.24) is 4.90 Å². The predicted molar refractivity (Wildman–Crippen MR) is 122 cm³/mol. The molecule has 1 fully saturated rings. The third kappa shape index (κ3) is 3.28. The summed E-state index contributed by atoms with van der Waals surface area (Å²) in [6, 6.07) is 17.5. The van der Waals surface area contributed by atoms with Crippen LogP contribution in [0.2, 0.25) is 0 Å². The summed E-state index contributed by atoms with van der Waals surface area (Å²) in [5, 5.41) is 0. The van der Waals surface area contributed by atoms with Crippen LogP contribution in [0.4, 0.5) is 14.5 Å². The second-order valence-corrected chi connectivity index (χ2v) is 9.07. The van der Waals surface area contributed by atoms with Crippen LogP contribution in [0.3, 0.4) is 0 Å². The lowest BCUT2D eigenvalue weighted by atomic mass is 10.0. The first kappa shape index (κ1) is 21.5. The number of carbonyl (C=O) groups is 2. The summed E-state index contributed by atoms with van der Waals surface area (Å²) in [6.45, 7) is 0.110. The third-order valence-corrected chi connectivity index (χ3v) is 7.48. The largest absolute Gasteiger partial charge is 0.497 e. The van der Waals surface area contributed by atoms with Crippen LogP contribution in [0.15, 0.2) is 66.7 Å².